The fourth-order valence-electron chi connectivity index (χ4n) is 2.06. The maximum absolute atomic E-state index is 13.6. The van der Waals surface area contributed by atoms with E-state index < -0.39 is 0 Å². The lowest BCUT2D eigenvalue weighted by Gasteiger charge is -2.19. The summed E-state index contributed by atoms with van der Waals surface area (Å²) in [6.45, 7) is 3.05. The van der Waals surface area contributed by atoms with E-state index in [1.807, 2.05) is 6.07 Å². The highest BCUT2D eigenvalue weighted by atomic mass is 79.9. The number of benzene rings is 1. The van der Waals surface area contributed by atoms with Gasteiger partial charge in [0.1, 0.15) is 5.82 Å². The molecule has 108 valence electrons. The fraction of sp³-hybridized carbons (Fsp3) is 0.333. The molecule has 1 aromatic carbocycles. The highest BCUT2D eigenvalue weighted by molar-refractivity contribution is 9.10. The zero-order valence-electron chi connectivity index (χ0n) is 11.1. The summed E-state index contributed by atoms with van der Waals surface area (Å²) >= 11 is 8.57. The Morgan fingerprint density at radius 3 is 2.60 bits per heavy atom. The van der Waals surface area contributed by atoms with E-state index in [1.165, 1.54) is 10.9 Å². The number of halogens is 3. The molecule has 0 aliphatic carbocycles. The first kappa shape index (κ1) is 16.1. The Labute approximate surface area is 139 Å². The fourth-order valence-corrected chi connectivity index (χ4v) is 4.05. The Hall–Kier alpha value is -0.230. The highest BCUT2D eigenvalue weighted by Crippen LogP contribution is 2.27. The third kappa shape index (κ3) is 4.65. The van der Waals surface area contributed by atoms with E-state index in [2.05, 4.69) is 55.5 Å². The molecule has 1 N–H and O–H groups in total. The molecule has 0 spiro atoms. The van der Waals surface area contributed by atoms with Gasteiger partial charge in [-0.05, 0) is 58.7 Å². The first-order chi connectivity index (χ1) is 9.58. The molecule has 2 rings (SSSR count). The second-order valence-electron chi connectivity index (χ2n) is 4.64. The summed E-state index contributed by atoms with van der Waals surface area (Å²) in [7, 11) is 0. The van der Waals surface area contributed by atoms with Crippen molar-refractivity contribution in [2.24, 2.45) is 0 Å². The average molecular weight is 421 g/mol. The van der Waals surface area contributed by atoms with Crippen molar-refractivity contribution in [3.05, 3.63) is 54.8 Å². The predicted molar refractivity (Wildman–Crippen MR) is 90.9 cm³/mol. The molecule has 5 heteroatoms. The van der Waals surface area contributed by atoms with Gasteiger partial charge >= 0.3 is 0 Å². The van der Waals surface area contributed by atoms with Crippen molar-refractivity contribution < 1.29 is 4.39 Å². The molecule has 0 bridgehead atoms. The minimum absolute atomic E-state index is 0.132. The smallest absolute Gasteiger partial charge is 0.124 e. The van der Waals surface area contributed by atoms with E-state index in [-0.39, 0.29) is 11.9 Å². The van der Waals surface area contributed by atoms with Gasteiger partial charge in [0.2, 0.25) is 0 Å². The largest absolute Gasteiger partial charge is 0.310 e. The van der Waals surface area contributed by atoms with E-state index in [0.717, 1.165) is 33.9 Å². The minimum Gasteiger partial charge on any atom is -0.310 e. The number of thiophene rings is 1. The summed E-state index contributed by atoms with van der Waals surface area (Å²) in [5, 5.41) is 5.58. The Morgan fingerprint density at radius 2 is 2.00 bits per heavy atom. The van der Waals surface area contributed by atoms with Crippen LogP contribution < -0.4 is 5.32 Å². The Morgan fingerprint density at radius 1 is 1.20 bits per heavy atom. The molecular weight excluding hydrogens is 405 g/mol. The van der Waals surface area contributed by atoms with Gasteiger partial charge in [-0.3, -0.25) is 0 Å². The zero-order chi connectivity index (χ0) is 14.5. The molecule has 0 aliphatic heterocycles. The topological polar surface area (TPSA) is 12.0 Å². The van der Waals surface area contributed by atoms with Gasteiger partial charge in [0.05, 0.1) is 0 Å². The summed E-state index contributed by atoms with van der Waals surface area (Å²) in [6, 6.07) is 7.34. The van der Waals surface area contributed by atoms with Crippen LogP contribution in [0.4, 0.5) is 4.39 Å². The second-order valence-corrected chi connectivity index (χ2v) is 7.47. The third-order valence-electron chi connectivity index (χ3n) is 2.96. The quantitative estimate of drug-likeness (QED) is 0.632. The Bertz CT molecular complexity index is 551. The van der Waals surface area contributed by atoms with Crippen LogP contribution in [0.1, 0.15) is 29.8 Å². The lowest BCUT2D eigenvalue weighted by atomic mass is 10.0. The monoisotopic (exact) mass is 419 g/mol. The lowest BCUT2D eigenvalue weighted by molar-refractivity contribution is 0.526. The summed E-state index contributed by atoms with van der Waals surface area (Å²) < 4.78 is 15.5. The van der Waals surface area contributed by atoms with E-state index >= 15 is 0 Å². The zero-order valence-corrected chi connectivity index (χ0v) is 15.1. The lowest BCUT2D eigenvalue weighted by Crippen LogP contribution is -2.24. The van der Waals surface area contributed by atoms with Crippen molar-refractivity contribution in [3.8, 4) is 0 Å². The van der Waals surface area contributed by atoms with E-state index in [0.29, 0.717) is 0 Å². The third-order valence-corrected chi connectivity index (χ3v) is 5.13. The molecule has 0 saturated carbocycles. The summed E-state index contributed by atoms with van der Waals surface area (Å²) in [5.74, 6) is -0.204. The Balaban J connectivity index is 2.21. The van der Waals surface area contributed by atoms with Crippen molar-refractivity contribution in [2.75, 3.05) is 6.54 Å². The molecule has 0 amide bonds. The number of nitrogens with one attached hydrogen (secondary N) is 1. The number of rotatable bonds is 6. The predicted octanol–water partition coefficient (Wildman–Crippen LogP) is 5.70. The molecule has 1 heterocycles. The standard InChI is InChI=1S/C15H16Br2FNS/c1-2-3-19-15(8-14-7-12(17)9-20-14)10-4-11(16)6-13(18)5-10/h4-7,9,15,19H,2-3,8H2,1H3. The maximum atomic E-state index is 13.6. The Kier molecular flexibility index (Phi) is 6.20. The van der Waals surface area contributed by atoms with Gasteiger partial charge in [-0.25, -0.2) is 4.39 Å². The van der Waals surface area contributed by atoms with E-state index in [9.17, 15) is 4.39 Å². The first-order valence-electron chi connectivity index (χ1n) is 6.50. The van der Waals surface area contributed by atoms with Crippen LogP contribution in [-0.2, 0) is 6.42 Å². The van der Waals surface area contributed by atoms with Crippen LogP contribution in [0.25, 0.3) is 0 Å². The van der Waals surface area contributed by atoms with Crippen molar-refractivity contribution in [3.63, 3.8) is 0 Å². The van der Waals surface area contributed by atoms with Crippen molar-refractivity contribution >= 4 is 43.2 Å². The molecule has 0 aliphatic rings. The normalized spacial score (nSPS) is 12.6. The summed E-state index contributed by atoms with van der Waals surface area (Å²) in [6.07, 6.45) is 1.92. The molecule has 0 radical (unpaired) electrons. The van der Waals surface area contributed by atoms with Gasteiger partial charge in [0, 0.05) is 31.7 Å². The SMILES string of the molecule is CCCNC(Cc1cc(Br)cs1)c1cc(F)cc(Br)c1. The van der Waals surface area contributed by atoms with Crippen molar-refractivity contribution in [2.45, 2.75) is 25.8 Å². The minimum atomic E-state index is -0.204. The molecule has 1 aromatic heterocycles. The van der Waals surface area contributed by atoms with Gasteiger partial charge in [-0.2, -0.15) is 0 Å². The molecule has 0 fully saturated rings. The molecule has 1 unspecified atom stereocenters. The molecule has 2 aromatic rings. The van der Waals surface area contributed by atoms with Gasteiger partial charge in [0.15, 0.2) is 0 Å². The van der Waals surface area contributed by atoms with Crippen LogP contribution >= 0.6 is 43.2 Å². The summed E-state index contributed by atoms with van der Waals surface area (Å²) in [5.41, 5.74) is 0.981. The molecule has 20 heavy (non-hydrogen) atoms. The highest BCUT2D eigenvalue weighted by Gasteiger charge is 2.14. The van der Waals surface area contributed by atoms with Crippen LogP contribution in [0.3, 0.4) is 0 Å². The average Bonchev–Trinajstić information content (AvgIpc) is 2.79. The molecule has 1 nitrogen and oxygen atoms in total. The summed E-state index contributed by atoms with van der Waals surface area (Å²) in [4.78, 5) is 1.28. The van der Waals surface area contributed by atoms with Crippen molar-refractivity contribution in [1.82, 2.24) is 5.32 Å². The second kappa shape index (κ2) is 7.69. The van der Waals surface area contributed by atoms with E-state index in [1.54, 1.807) is 17.4 Å². The van der Waals surface area contributed by atoms with Crippen LogP contribution in [0.2, 0.25) is 0 Å². The van der Waals surface area contributed by atoms with Crippen LogP contribution in [0.5, 0.6) is 0 Å². The van der Waals surface area contributed by atoms with Crippen molar-refractivity contribution in [1.29, 1.82) is 0 Å². The van der Waals surface area contributed by atoms with E-state index in [4.69, 9.17) is 0 Å². The van der Waals surface area contributed by atoms with Gasteiger partial charge in [0.25, 0.3) is 0 Å². The first-order valence-corrected chi connectivity index (χ1v) is 8.97. The van der Waals surface area contributed by atoms with Gasteiger partial charge in [-0.1, -0.05) is 22.9 Å². The maximum Gasteiger partial charge on any atom is 0.124 e. The van der Waals surface area contributed by atoms with Crippen LogP contribution in [0, 0.1) is 5.82 Å². The molecular formula is C15H16Br2FNS. The van der Waals surface area contributed by atoms with Crippen LogP contribution in [0.15, 0.2) is 38.6 Å². The van der Waals surface area contributed by atoms with Gasteiger partial charge in [-0.15, -0.1) is 11.3 Å². The molecule has 1 atom stereocenters. The van der Waals surface area contributed by atoms with Crippen LogP contribution in [-0.4, -0.2) is 6.54 Å². The van der Waals surface area contributed by atoms with Gasteiger partial charge < -0.3 is 5.32 Å². The number of hydrogen-bond acceptors (Lipinski definition) is 2. The molecule has 0 saturated heterocycles. The number of hydrogen-bond donors (Lipinski definition) is 1.